The molecule has 4 nitrogen and oxygen atoms in total. The minimum atomic E-state index is -0.308. The first-order valence-electron chi connectivity index (χ1n) is 6.02. The molecule has 0 aliphatic carbocycles. The Morgan fingerprint density at radius 3 is 3.06 bits per heavy atom. The molecule has 1 unspecified atom stereocenters. The van der Waals surface area contributed by atoms with Crippen LogP contribution in [-0.4, -0.2) is 39.5 Å². The van der Waals surface area contributed by atoms with Gasteiger partial charge in [-0.3, -0.25) is 0 Å². The van der Waals surface area contributed by atoms with Gasteiger partial charge in [-0.25, -0.2) is 4.39 Å². The second-order valence-corrected chi connectivity index (χ2v) is 4.17. The van der Waals surface area contributed by atoms with Crippen molar-refractivity contribution in [2.24, 2.45) is 0 Å². The highest BCUT2D eigenvalue weighted by Gasteiger charge is 2.13. The molecule has 5 heteroatoms. The van der Waals surface area contributed by atoms with Gasteiger partial charge in [-0.2, -0.15) is 0 Å². The van der Waals surface area contributed by atoms with Gasteiger partial charge in [-0.05, 0) is 6.07 Å². The summed E-state index contributed by atoms with van der Waals surface area (Å²) in [6, 6.07) is 4.76. The summed E-state index contributed by atoms with van der Waals surface area (Å²) >= 11 is 0. The van der Waals surface area contributed by atoms with Crippen molar-refractivity contribution in [3.63, 3.8) is 0 Å². The van der Waals surface area contributed by atoms with Gasteiger partial charge >= 0.3 is 0 Å². The van der Waals surface area contributed by atoms with E-state index in [1.165, 1.54) is 13.2 Å². The van der Waals surface area contributed by atoms with Crippen LogP contribution in [0.5, 0.6) is 5.75 Å². The maximum absolute atomic E-state index is 13.6. The van der Waals surface area contributed by atoms with Crippen LogP contribution in [0.2, 0.25) is 0 Å². The zero-order chi connectivity index (χ0) is 12.8. The number of morpholine rings is 1. The monoisotopic (exact) mass is 255 g/mol. The number of nitrogens with one attached hydrogen (secondary N) is 1. The van der Waals surface area contributed by atoms with Gasteiger partial charge in [-0.1, -0.05) is 6.07 Å². The fraction of sp³-hybridized carbons (Fsp3) is 0.538. The van der Waals surface area contributed by atoms with E-state index in [0.717, 1.165) is 13.1 Å². The molecule has 18 heavy (non-hydrogen) atoms. The Morgan fingerprint density at radius 2 is 2.39 bits per heavy atom. The number of methoxy groups -OCH3 is 1. The summed E-state index contributed by atoms with van der Waals surface area (Å²) < 4.78 is 29.5. The van der Waals surface area contributed by atoms with E-state index in [1.807, 2.05) is 0 Å². The first-order valence-corrected chi connectivity index (χ1v) is 6.02. The van der Waals surface area contributed by atoms with Gasteiger partial charge in [0.05, 0.1) is 33.0 Å². The van der Waals surface area contributed by atoms with Crippen LogP contribution in [0.15, 0.2) is 18.2 Å². The molecular weight excluding hydrogens is 237 g/mol. The number of hydrogen-bond donors (Lipinski definition) is 1. The summed E-state index contributed by atoms with van der Waals surface area (Å²) in [5.41, 5.74) is 0.527. The SMILES string of the molecule is COc1ccc(COCC2CNCCO2)c(F)c1. The van der Waals surface area contributed by atoms with Gasteiger partial charge in [0.1, 0.15) is 11.6 Å². The molecule has 1 fully saturated rings. The van der Waals surface area contributed by atoms with Gasteiger partial charge in [0.25, 0.3) is 0 Å². The van der Waals surface area contributed by atoms with Crippen molar-refractivity contribution in [1.82, 2.24) is 5.32 Å². The van der Waals surface area contributed by atoms with E-state index in [9.17, 15) is 4.39 Å². The highest BCUT2D eigenvalue weighted by atomic mass is 19.1. The number of rotatable bonds is 5. The van der Waals surface area contributed by atoms with Gasteiger partial charge in [0.2, 0.25) is 0 Å². The Labute approximate surface area is 106 Å². The lowest BCUT2D eigenvalue weighted by Crippen LogP contribution is -2.40. The van der Waals surface area contributed by atoms with Crippen LogP contribution in [0.25, 0.3) is 0 Å². The minimum Gasteiger partial charge on any atom is -0.497 e. The summed E-state index contributed by atoms with van der Waals surface area (Å²) in [6.45, 7) is 3.08. The summed E-state index contributed by atoms with van der Waals surface area (Å²) in [5, 5.41) is 3.21. The third-order valence-corrected chi connectivity index (χ3v) is 2.83. The Balaban J connectivity index is 1.79. The van der Waals surface area contributed by atoms with Crippen molar-refractivity contribution >= 4 is 0 Å². The Bertz CT molecular complexity index is 380. The van der Waals surface area contributed by atoms with Crippen LogP contribution in [0.1, 0.15) is 5.56 Å². The first kappa shape index (κ1) is 13.3. The minimum absolute atomic E-state index is 0.0556. The fourth-order valence-electron chi connectivity index (χ4n) is 1.80. The van der Waals surface area contributed by atoms with Gasteiger partial charge < -0.3 is 19.5 Å². The number of halogens is 1. The average Bonchev–Trinajstić information content (AvgIpc) is 2.42. The van der Waals surface area contributed by atoms with Crippen molar-refractivity contribution in [1.29, 1.82) is 0 Å². The lowest BCUT2D eigenvalue weighted by atomic mass is 10.2. The number of hydrogen-bond acceptors (Lipinski definition) is 4. The van der Waals surface area contributed by atoms with Crippen LogP contribution in [0.4, 0.5) is 4.39 Å². The molecule has 0 bridgehead atoms. The molecule has 0 saturated carbocycles. The molecule has 1 aliphatic rings. The lowest BCUT2D eigenvalue weighted by molar-refractivity contribution is -0.0361. The Hall–Kier alpha value is -1.17. The van der Waals surface area contributed by atoms with Crippen LogP contribution >= 0.6 is 0 Å². The summed E-state index contributed by atoms with van der Waals surface area (Å²) in [4.78, 5) is 0. The predicted molar refractivity (Wildman–Crippen MR) is 65.2 cm³/mol. The third kappa shape index (κ3) is 3.66. The van der Waals surface area contributed by atoms with Crippen LogP contribution in [-0.2, 0) is 16.1 Å². The molecule has 0 spiro atoms. The molecular formula is C13H18FNO3. The molecule has 1 heterocycles. The molecule has 1 aromatic rings. The van der Waals surface area contributed by atoms with Crippen molar-refractivity contribution in [2.75, 3.05) is 33.4 Å². The highest BCUT2D eigenvalue weighted by molar-refractivity contribution is 5.28. The van der Waals surface area contributed by atoms with E-state index in [1.54, 1.807) is 12.1 Å². The standard InChI is InChI=1S/C13H18FNO3/c1-16-11-3-2-10(13(14)6-11)8-17-9-12-7-15-4-5-18-12/h2-3,6,12,15H,4-5,7-9H2,1H3. The molecule has 1 aliphatic heterocycles. The zero-order valence-corrected chi connectivity index (χ0v) is 10.4. The highest BCUT2D eigenvalue weighted by Crippen LogP contribution is 2.17. The van der Waals surface area contributed by atoms with Crippen molar-refractivity contribution in [2.45, 2.75) is 12.7 Å². The van der Waals surface area contributed by atoms with Crippen molar-refractivity contribution < 1.29 is 18.6 Å². The van der Waals surface area contributed by atoms with E-state index in [4.69, 9.17) is 14.2 Å². The Kier molecular flexibility index (Phi) is 4.92. The number of ether oxygens (including phenoxy) is 3. The van der Waals surface area contributed by atoms with Gasteiger partial charge in [0, 0.05) is 24.7 Å². The van der Waals surface area contributed by atoms with Crippen molar-refractivity contribution in [3.05, 3.63) is 29.6 Å². The first-order chi connectivity index (χ1) is 8.79. The van der Waals surface area contributed by atoms with Crippen LogP contribution < -0.4 is 10.1 Å². The van der Waals surface area contributed by atoms with Gasteiger partial charge in [0.15, 0.2) is 0 Å². The van der Waals surface area contributed by atoms with E-state index in [2.05, 4.69) is 5.32 Å². The van der Waals surface area contributed by atoms with Crippen LogP contribution in [0, 0.1) is 5.82 Å². The van der Waals surface area contributed by atoms with E-state index >= 15 is 0 Å². The third-order valence-electron chi connectivity index (χ3n) is 2.83. The Morgan fingerprint density at radius 1 is 1.50 bits per heavy atom. The molecule has 1 aromatic carbocycles. The average molecular weight is 255 g/mol. The molecule has 1 atom stereocenters. The second-order valence-electron chi connectivity index (χ2n) is 4.17. The maximum Gasteiger partial charge on any atom is 0.132 e. The van der Waals surface area contributed by atoms with E-state index in [0.29, 0.717) is 24.5 Å². The quantitative estimate of drug-likeness (QED) is 0.862. The molecule has 2 rings (SSSR count). The largest absolute Gasteiger partial charge is 0.497 e. The molecule has 1 saturated heterocycles. The fourth-order valence-corrected chi connectivity index (χ4v) is 1.80. The molecule has 1 N–H and O–H groups in total. The molecule has 0 aromatic heterocycles. The van der Waals surface area contributed by atoms with Crippen LogP contribution in [0.3, 0.4) is 0 Å². The molecule has 100 valence electrons. The normalized spacial score (nSPS) is 19.8. The summed E-state index contributed by atoms with van der Waals surface area (Å²) in [6.07, 6.45) is 0.0556. The lowest BCUT2D eigenvalue weighted by Gasteiger charge is -2.23. The second kappa shape index (κ2) is 6.68. The zero-order valence-electron chi connectivity index (χ0n) is 10.4. The maximum atomic E-state index is 13.6. The topological polar surface area (TPSA) is 39.7 Å². The van der Waals surface area contributed by atoms with E-state index in [-0.39, 0.29) is 18.5 Å². The summed E-state index contributed by atoms with van der Waals surface area (Å²) in [7, 11) is 1.51. The summed E-state index contributed by atoms with van der Waals surface area (Å²) in [5.74, 6) is 0.202. The van der Waals surface area contributed by atoms with E-state index < -0.39 is 0 Å². The smallest absolute Gasteiger partial charge is 0.132 e. The van der Waals surface area contributed by atoms with Gasteiger partial charge in [-0.15, -0.1) is 0 Å². The predicted octanol–water partition coefficient (Wildman–Crippen LogP) is 1.34. The molecule has 0 radical (unpaired) electrons. The number of benzene rings is 1. The van der Waals surface area contributed by atoms with Crippen molar-refractivity contribution in [3.8, 4) is 5.75 Å². The molecule has 0 amide bonds.